The summed E-state index contributed by atoms with van der Waals surface area (Å²) < 4.78 is 5.98. The smallest absolute Gasteiger partial charge is 0.274 e. The predicted molar refractivity (Wildman–Crippen MR) is 95.7 cm³/mol. The second-order valence-corrected chi connectivity index (χ2v) is 6.53. The lowest BCUT2D eigenvalue weighted by atomic mass is 9.97. The predicted octanol–water partition coefficient (Wildman–Crippen LogP) is 3.08. The molecule has 6 heteroatoms. The minimum atomic E-state index is -0.0844. The molecule has 1 aromatic carbocycles. The van der Waals surface area contributed by atoms with Crippen molar-refractivity contribution in [1.29, 1.82) is 0 Å². The van der Waals surface area contributed by atoms with Crippen molar-refractivity contribution in [3.63, 3.8) is 0 Å². The van der Waals surface area contributed by atoms with Crippen LogP contribution in [0.5, 0.6) is 0 Å². The van der Waals surface area contributed by atoms with E-state index in [0.29, 0.717) is 18.1 Å². The Morgan fingerprint density at radius 3 is 2.88 bits per heavy atom. The molecule has 1 fully saturated rings. The average molecular weight is 348 g/mol. The lowest BCUT2D eigenvalue weighted by Crippen LogP contribution is -2.39. The summed E-state index contributed by atoms with van der Waals surface area (Å²) in [7, 11) is 0. The highest BCUT2D eigenvalue weighted by Gasteiger charge is 2.29. The van der Waals surface area contributed by atoms with Gasteiger partial charge in [-0.25, -0.2) is 4.98 Å². The number of hydrogen-bond acceptors (Lipinski definition) is 5. The zero-order valence-corrected chi connectivity index (χ0v) is 14.4. The second-order valence-electron chi connectivity index (χ2n) is 6.53. The van der Waals surface area contributed by atoms with Gasteiger partial charge in [0.2, 0.25) is 0 Å². The maximum atomic E-state index is 12.6. The van der Waals surface area contributed by atoms with Crippen LogP contribution in [-0.2, 0) is 6.42 Å². The van der Waals surface area contributed by atoms with Crippen LogP contribution in [0.1, 0.15) is 46.5 Å². The van der Waals surface area contributed by atoms with E-state index in [9.17, 15) is 4.79 Å². The van der Waals surface area contributed by atoms with Crippen LogP contribution >= 0.6 is 0 Å². The first-order chi connectivity index (χ1) is 12.8. The van der Waals surface area contributed by atoms with E-state index in [1.165, 1.54) is 5.56 Å². The third kappa shape index (κ3) is 3.64. The van der Waals surface area contributed by atoms with Gasteiger partial charge in [0.15, 0.2) is 11.6 Å². The summed E-state index contributed by atoms with van der Waals surface area (Å²) >= 11 is 0. The summed E-state index contributed by atoms with van der Waals surface area (Å²) in [6.07, 6.45) is 5.98. The first-order valence-electron chi connectivity index (χ1n) is 8.85. The molecular weight excluding hydrogens is 328 g/mol. The van der Waals surface area contributed by atoms with Crippen molar-refractivity contribution in [2.75, 3.05) is 13.1 Å². The van der Waals surface area contributed by atoms with Gasteiger partial charge < -0.3 is 9.32 Å². The number of carbonyl (C=O) groups excluding carboxylic acids is 1. The number of aromatic nitrogens is 3. The zero-order chi connectivity index (χ0) is 17.8. The summed E-state index contributed by atoms with van der Waals surface area (Å²) in [4.78, 5) is 18.9. The van der Waals surface area contributed by atoms with E-state index >= 15 is 0 Å². The molecule has 0 spiro atoms. The molecule has 0 unspecified atom stereocenters. The van der Waals surface area contributed by atoms with Crippen molar-refractivity contribution in [3.05, 3.63) is 77.8 Å². The molecule has 1 amide bonds. The largest absolute Gasteiger partial charge is 0.445 e. The average Bonchev–Trinajstić information content (AvgIpc) is 3.17. The number of amides is 1. The lowest BCUT2D eigenvalue weighted by molar-refractivity contribution is 0.0690. The summed E-state index contributed by atoms with van der Waals surface area (Å²) in [5, 5.41) is 7.71. The molecular formula is C20H20N4O2. The third-order valence-electron chi connectivity index (χ3n) is 4.64. The zero-order valence-electron chi connectivity index (χ0n) is 14.4. The summed E-state index contributed by atoms with van der Waals surface area (Å²) in [6.45, 7) is 1.32. The topological polar surface area (TPSA) is 72.1 Å². The van der Waals surface area contributed by atoms with Gasteiger partial charge in [-0.1, -0.05) is 30.3 Å². The normalized spacial score (nSPS) is 17.2. The molecule has 0 bridgehead atoms. The summed E-state index contributed by atoms with van der Waals surface area (Å²) in [5.74, 6) is 1.60. The maximum absolute atomic E-state index is 12.6. The van der Waals surface area contributed by atoms with E-state index in [1.54, 1.807) is 24.5 Å². The number of carbonyl (C=O) groups is 1. The molecule has 3 aromatic rings. The van der Waals surface area contributed by atoms with Crippen molar-refractivity contribution < 1.29 is 9.21 Å². The maximum Gasteiger partial charge on any atom is 0.274 e. The number of hydrogen-bond donors (Lipinski definition) is 0. The van der Waals surface area contributed by atoms with Gasteiger partial charge in [-0.15, -0.1) is 5.10 Å². The third-order valence-corrected chi connectivity index (χ3v) is 4.64. The van der Waals surface area contributed by atoms with Crippen LogP contribution < -0.4 is 0 Å². The molecule has 1 aliphatic rings. The van der Waals surface area contributed by atoms with Crippen molar-refractivity contribution in [2.45, 2.75) is 25.2 Å². The van der Waals surface area contributed by atoms with Crippen molar-refractivity contribution >= 4 is 5.91 Å². The molecule has 0 N–H and O–H groups in total. The lowest BCUT2D eigenvalue weighted by Gasteiger charge is -2.30. The first-order valence-corrected chi connectivity index (χ1v) is 8.85. The van der Waals surface area contributed by atoms with Crippen LogP contribution in [0.3, 0.4) is 0 Å². The summed E-state index contributed by atoms with van der Waals surface area (Å²) in [6, 6.07) is 13.6. The molecule has 4 rings (SSSR count). The van der Waals surface area contributed by atoms with Crippen LogP contribution in [0.15, 0.2) is 59.3 Å². The van der Waals surface area contributed by atoms with Gasteiger partial charge in [-0.2, -0.15) is 5.10 Å². The van der Waals surface area contributed by atoms with Crippen molar-refractivity contribution in [1.82, 2.24) is 20.1 Å². The molecule has 1 aliphatic heterocycles. The standard InChI is InChI=1S/C20H20N4O2/c25-20(18-9-4-10-22-23-18)24-11-5-8-16(14-24)19-21-13-17(26-19)12-15-6-2-1-3-7-15/h1-4,6-7,9-10,13,16H,5,8,11-12,14H2/t16-/m0/s1. The van der Waals surface area contributed by atoms with Crippen LogP contribution in [0, 0.1) is 0 Å². The SMILES string of the molecule is O=C(c1cccnn1)N1CCC[C@H](c2ncc(Cc3ccccc3)o2)C1. The number of piperidine rings is 1. The Hall–Kier alpha value is -3.02. The molecule has 6 nitrogen and oxygen atoms in total. The quantitative estimate of drug-likeness (QED) is 0.724. The Bertz CT molecular complexity index is 864. The van der Waals surface area contributed by atoms with Crippen LogP contribution in [0.4, 0.5) is 0 Å². The molecule has 132 valence electrons. The monoisotopic (exact) mass is 348 g/mol. The Labute approximate surface area is 151 Å². The highest BCUT2D eigenvalue weighted by Crippen LogP contribution is 2.27. The van der Waals surface area contributed by atoms with E-state index < -0.39 is 0 Å². The highest BCUT2D eigenvalue weighted by atomic mass is 16.4. The molecule has 26 heavy (non-hydrogen) atoms. The van der Waals surface area contributed by atoms with Gasteiger partial charge in [-0.05, 0) is 30.5 Å². The van der Waals surface area contributed by atoms with Crippen LogP contribution in [0.25, 0.3) is 0 Å². The minimum absolute atomic E-state index is 0.0844. The Balaban J connectivity index is 1.44. The van der Waals surface area contributed by atoms with Crippen LogP contribution in [0.2, 0.25) is 0 Å². The fourth-order valence-corrected chi connectivity index (χ4v) is 3.33. The highest BCUT2D eigenvalue weighted by molar-refractivity contribution is 5.92. The van der Waals surface area contributed by atoms with Gasteiger partial charge in [0.25, 0.3) is 5.91 Å². The van der Waals surface area contributed by atoms with Gasteiger partial charge in [0.05, 0.1) is 12.1 Å². The fraction of sp³-hybridized carbons (Fsp3) is 0.300. The van der Waals surface area contributed by atoms with Crippen LogP contribution in [-0.4, -0.2) is 39.1 Å². The minimum Gasteiger partial charge on any atom is -0.445 e. The number of likely N-dealkylation sites (tertiary alicyclic amines) is 1. The Morgan fingerprint density at radius 1 is 1.19 bits per heavy atom. The Morgan fingerprint density at radius 2 is 2.08 bits per heavy atom. The fourth-order valence-electron chi connectivity index (χ4n) is 3.33. The molecule has 3 heterocycles. The number of rotatable bonds is 4. The van der Waals surface area contributed by atoms with Gasteiger partial charge in [-0.3, -0.25) is 4.79 Å². The van der Waals surface area contributed by atoms with Crippen molar-refractivity contribution in [2.24, 2.45) is 0 Å². The van der Waals surface area contributed by atoms with Crippen molar-refractivity contribution in [3.8, 4) is 0 Å². The number of oxazole rings is 1. The molecule has 2 aromatic heterocycles. The Kier molecular flexibility index (Phi) is 4.73. The van der Waals surface area contributed by atoms with E-state index in [1.807, 2.05) is 23.1 Å². The first kappa shape index (κ1) is 16.4. The van der Waals surface area contributed by atoms with Gasteiger partial charge >= 0.3 is 0 Å². The number of nitrogens with zero attached hydrogens (tertiary/aromatic N) is 4. The summed E-state index contributed by atoms with van der Waals surface area (Å²) in [5.41, 5.74) is 1.57. The molecule has 0 saturated carbocycles. The van der Waals surface area contributed by atoms with Gasteiger partial charge in [0.1, 0.15) is 5.76 Å². The molecule has 1 saturated heterocycles. The molecule has 0 aliphatic carbocycles. The number of benzene rings is 1. The molecule has 0 radical (unpaired) electrons. The van der Waals surface area contributed by atoms with E-state index in [0.717, 1.165) is 31.6 Å². The van der Waals surface area contributed by atoms with E-state index in [-0.39, 0.29) is 11.8 Å². The van der Waals surface area contributed by atoms with E-state index in [4.69, 9.17) is 4.42 Å². The second kappa shape index (κ2) is 7.47. The van der Waals surface area contributed by atoms with E-state index in [2.05, 4.69) is 27.3 Å². The van der Waals surface area contributed by atoms with Gasteiger partial charge in [0, 0.05) is 25.7 Å². The molecule has 1 atom stereocenters.